The summed E-state index contributed by atoms with van der Waals surface area (Å²) in [7, 11) is 0. The fourth-order valence-electron chi connectivity index (χ4n) is 9.56. The lowest BCUT2D eigenvalue weighted by Crippen LogP contribution is -2.30. The number of hydrogen-bond acceptors (Lipinski definition) is 6. The lowest BCUT2D eigenvalue weighted by atomic mass is 10.0. The van der Waals surface area contributed by atoms with Crippen LogP contribution < -0.4 is 0 Å². The van der Waals surface area contributed by atoms with Gasteiger partial charge in [-0.25, -0.2) is 0 Å². The molecule has 6 nitrogen and oxygen atoms in total. The van der Waals surface area contributed by atoms with Crippen LogP contribution in [0, 0.1) is 0 Å². The summed E-state index contributed by atoms with van der Waals surface area (Å²) >= 11 is 0. The van der Waals surface area contributed by atoms with Crippen molar-refractivity contribution in [1.29, 1.82) is 0 Å². The van der Waals surface area contributed by atoms with Crippen LogP contribution in [0.25, 0.3) is 0 Å². The summed E-state index contributed by atoms with van der Waals surface area (Å²) in [5.41, 5.74) is 0. The Morgan fingerprint density at radius 2 is 0.478 bits per heavy atom. The maximum absolute atomic E-state index is 12.9. The highest BCUT2D eigenvalue weighted by Crippen LogP contribution is 2.18. The van der Waals surface area contributed by atoms with Crippen LogP contribution in [0.15, 0.2) is 12.2 Å². The molecule has 69 heavy (non-hydrogen) atoms. The van der Waals surface area contributed by atoms with Crippen LogP contribution in [-0.2, 0) is 28.6 Å². The summed E-state index contributed by atoms with van der Waals surface area (Å²) in [6.45, 7) is 6.68. The number of allylic oxidation sites excluding steroid dienone is 2. The molecule has 0 aliphatic carbocycles. The van der Waals surface area contributed by atoms with E-state index in [4.69, 9.17) is 14.2 Å². The minimum atomic E-state index is -0.768. The molecule has 0 aromatic carbocycles. The lowest BCUT2D eigenvalue weighted by molar-refractivity contribution is -0.167. The van der Waals surface area contributed by atoms with Gasteiger partial charge in [-0.1, -0.05) is 303 Å². The van der Waals surface area contributed by atoms with Crippen LogP contribution in [-0.4, -0.2) is 37.2 Å². The quantitative estimate of drug-likeness (QED) is 0.0261. The molecule has 0 aliphatic rings. The normalized spacial score (nSPS) is 12.0. The van der Waals surface area contributed by atoms with Crippen molar-refractivity contribution in [2.75, 3.05) is 13.2 Å². The van der Waals surface area contributed by atoms with E-state index < -0.39 is 6.10 Å². The minimum absolute atomic E-state index is 0.0662. The smallest absolute Gasteiger partial charge is 0.306 e. The summed E-state index contributed by atoms with van der Waals surface area (Å²) < 4.78 is 16.9. The van der Waals surface area contributed by atoms with E-state index in [9.17, 15) is 14.4 Å². The second kappa shape index (κ2) is 58.7. The van der Waals surface area contributed by atoms with E-state index in [1.54, 1.807) is 0 Å². The monoisotopic (exact) mass is 973 g/mol. The third-order valence-electron chi connectivity index (χ3n) is 14.3. The van der Waals surface area contributed by atoms with Crippen molar-refractivity contribution in [3.63, 3.8) is 0 Å². The molecule has 0 heterocycles. The molecule has 0 radical (unpaired) electrons. The average Bonchev–Trinajstić information content (AvgIpc) is 3.35. The molecule has 0 saturated carbocycles. The zero-order chi connectivity index (χ0) is 50.0. The largest absolute Gasteiger partial charge is 0.462 e. The van der Waals surface area contributed by atoms with Crippen molar-refractivity contribution >= 4 is 17.9 Å². The number of carbonyl (C=O) groups is 3. The first-order chi connectivity index (χ1) is 34.0. The second-order valence-corrected chi connectivity index (χ2v) is 21.3. The molecule has 0 aromatic rings. The Balaban J connectivity index is 4.23. The third kappa shape index (κ3) is 56.9. The third-order valence-corrected chi connectivity index (χ3v) is 14.3. The number of hydrogen-bond donors (Lipinski definition) is 0. The van der Waals surface area contributed by atoms with Gasteiger partial charge in [0.2, 0.25) is 0 Å². The molecule has 1 unspecified atom stereocenters. The van der Waals surface area contributed by atoms with E-state index >= 15 is 0 Å². The van der Waals surface area contributed by atoms with Crippen LogP contribution in [0.1, 0.15) is 355 Å². The topological polar surface area (TPSA) is 78.9 Å². The molecule has 0 fully saturated rings. The zero-order valence-electron chi connectivity index (χ0n) is 46.9. The van der Waals surface area contributed by atoms with E-state index in [1.165, 1.54) is 250 Å². The van der Waals surface area contributed by atoms with Gasteiger partial charge < -0.3 is 14.2 Å². The highest BCUT2D eigenvalue weighted by Gasteiger charge is 2.19. The average molecular weight is 974 g/mol. The molecule has 6 heteroatoms. The Labute approximate surface area is 431 Å². The van der Waals surface area contributed by atoms with Gasteiger partial charge in [-0.3, -0.25) is 14.4 Å². The summed E-state index contributed by atoms with van der Waals surface area (Å²) in [4.78, 5) is 38.2. The molecular formula is C63H120O6. The number of carbonyl (C=O) groups excluding carboxylic acids is 3. The van der Waals surface area contributed by atoms with Crippen molar-refractivity contribution in [2.45, 2.75) is 361 Å². The fraction of sp³-hybridized carbons (Fsp3) is 0.921. The first kappa shape index (κ1) is 67.1. The SMILES string of the molecule is CCCCC/C=C\CCCCCCCC(=O)OCC(COC(=O)CCCCCCCCCCCCCCCCCCCCCCCC)OC(=O)CCCCCCCCCCCCCCCCCCC. The molecule has 0 aromatic heterocycles. The molecule has 0 spiro atoms. The van der Waals surface area contributed by atoms with Crippen molar-refractivity contribution in [2.24, 2.45) is 0 Å². The maximum Gasteiger partial charge on any atom is 0.306 e. The Morgan fingerprint density at radius 1 is 0.275 bits per heavy atom. The first-order valence-corrected chi connectivity index (χ1v) is 31.2. The van der Waals surface area contributed by atoms with Gasteiger partial charge in [-0.05, 0) is 44.9 Å². The van der Waals surface area contributed by atoms with Crippen LogP contribution in [0.5, 0.6) is 0 Å². The number of esters is 3. The van der Waals surface area contributed by atoms with E-state index in [0.717, 1.165) is 64.2 Å². The maximum atomic E-state index is 12.9. The molecule has 1 atom stereocenters. The van der Waals surface area contributed by atoms with Crippen LogP contribution in [0.2, 0.25) is 0 Å². The van der Waals surface area contributed by atoms with Gasteiger partial charge in [0.1, 0.15) is 13.2 Å². The summed E-state index contributed by atoms with van der Waals surface area (Å²) in [5, 5.41) is 0. The highest BCUT2D eigenvalue weighted by atomic mass is 16.6. The zero-order valence-corrected chi connectivity index (χ0v) is 46.9. The number of rotatable bonds is 58. The Morgan fingerprint density at radius 3 is 0.754 bits per heavy atom. The van der Waals surface area contributed by atoms with E-state index in [0.29, 0.717) is 19.3 Å². The van der Waals surface area contributed by atoms with Gasteiger partial charge in [0.05, 0.1) is 0 Å². The molecule has 0 amide bonds. The predicted octanol–water partition coefficient (Wildman–Crippen LogP) is 20.9. The molecule has 0 N–H and O–H groups in total. The first-order valence-electron chi connectivity index (χ1n) is 31.2. The summed E-state index contributed by atoms with van der Waals surface area (Å²) in [5.74, 6) is -0.848. The molecule has 0 rings (SSSR count). The second-order valence-electron chi connectivity index (χ2n) is 21.3. The predicted molar refractivity (Wildman–Crippen MR) is 298 cm³/mol. The van der Waals surface area contributed by atoms with Crippen LogP contribution in [0.3, 0.4) is 0 Å². The van der Waals surface area contributed by atoms with E-state index in [-0.39, 0.29) is 31.1 Å². The van der Waals surface area contributed by atoms with E-state index in [2.05, 4.69) is 32.9 Å². The Hall–Kier alpha value is -1.85. The summed E-state index contributed by atoms with van der Waals surface area (Å²) in [6, 6.07) is 0. The molecule has 0 saturated heterocycles. The lowest BCUT2D eigenvalue weighted by Gasteiger charge is -2.18. The van der Waals surface area contributed by atoms with Crippen molar-refractivity contribution in [3.8, 4) is 0 Å². The highest BCUT2D eigenvalue weighted by molar-refractivity contribution is 5.71. The molecule has 0 aliphatic heterocycles. The standard InChI is InChI=1S/C63H120O6/c1-4-7-10-13-16-19-22-25-27-29-30-31-32-33-35-36-38-41-44-47-50-53-56-62(65)68-59-60(58-67-61(64)55-52-49-46-43-40-24-21-18-15-12-9-6-3)69-63(66)57-54-51-48-45-42-39-37-34-28-26-23-20-17-14-11-8-5-2/h18,21,60H,4-17,19-20,22-59H2,1-3H3/b21-18-. The molecular weight excluding hydrogens is 853 g/mol. The van der Waals surface area contributed by atoms with Gasteiger partial charge in [0.25, 0.3) is 0 Å². The van der Waals surface area contributed by atoms with Crippen LogP contribution >= 0.6 is 0 Å². The summed E-state index contributed by atoms with van der Waals surface area (Å²) in [6.07, 6.45) is 67.9. The van der Waals surface area contributed by atoms with Gasteiger partial charge >= 0.3 is 17.9 Å². The fourth-order valence-corrected chi connectivity index (χ4v) is 9.56. The number of ether oxygens (including phenoxy) is 3. The van der Waals surface area contributed by atoms with Gasteiger partial charge in [0.15, 0.2) is 6.10 Å². The Bertz CT molecular complexity index is 1070. The minimum Gasteiger partial charge on any atom is -0.462 e. The van der Waals surface area contributed by atoms with Crippen molar-refractivity contribution < 1.29 is 28.6 Å². The van der Waals surface area contributed by atoms with Crippen molar-refractivity contribution in [1.82, 2.24) is 0 Å². The number of unbranched alkanes of at least 4 members (excludes halogenated alkanes) is 45. The van der Waals surface area contributed by atoms with Gasteiger partial charge in [-0.15, -0.1) is 0 Å². The van der Waals surface area contributed by atoms with Crippen LogP contribution in [0.4, 0.5) is 0 Å². The molecule has 408 valence electrons. The molecule has 0 bridgehead atoms. The van der Waals surface area contributed by atoms with Gasteiger partial charge in [0, 0.05) is 19.3 Å². The van der Waals surface area contributed by atoms with Gasteiger partial charge in [-0.2, -0.15) is 0 Å². The van der Waals surface area contributed by atoms with E-state index in [1.807, 2.05) is 0 Å². The Kier molecular flexibility index (Phi) is 57.1. The van der Waals surface area contributed by atoms with Crippen molar-refractivity contribution in [3.05, 3.63) is 12.2 Å².